The molecule has 0 fully saturated rings. The smallest absolute Gasteiger partial charge is 0.433 e. The lowest BCUT2D eigenvalue weighted by Crippen LogP contribution is -2.17. The Labute approximate surface area is 181 Å². The fourth-order valence-electron chi connectivity index (χ4n) is 2.43. The zero-order valence-electron chi connectivity index (χ0n) is 16.0. The van der Waals surface area contributed by atoms with Gasteiger partial charge in [0, 0.05) is 11.9 Å². The van der Waals surface area contributed by atoms with Gasteiger partial charge < -0.3 is 15.9 Å². The molecule has 0 aliphatic carbocycles. The fraction of sp³-hybridized carbons (Fsp3) is 0.0952. The SMILES string of the molecule is NN=C(C=Nc1ccc(Oc2ccccc2)c(Cl)c1)CNc1ccnc(C(F)(F)F)c1. The van der Waals surface area contributed by atoms with E-state index in [1.54, 1.807) is 30.3 Å². The molecular formula is C21H17ClF3N5O. The van der Waals surface area contributed by atoms with E-state index < -0.39 is 11.9 Å². The van der Waals surface area contributed by atoms with Crippen LogP contribution in [0.5, 0.6) is 11.5 Å². The van der Waals surface area contributed by atoms with Gasteiger partial charge in [-0.05, 0) is 42.5 Å². The minimum Gasteiger partial charge on any atom is -0.456 e. The number of aliphatic imine (C=N–C) groups is 1. The van der Waals surface area contributed by atoms with Crippen molar-refractivity contribution in [2.24, 2.45) is 15.9 Å². The number of alkyl halides is 3. The van der Waals surface area contributed by atoms with E-state index in [0.29, 0.717) is 27.9 Å². The molecule has 0 saturated heterocycles. The summed E-state index contributed by atoms with van der Waals surface area (Å²) >= 11 is 6.26. The minimum absolute atomic E-state index is 0.0598. The number of nitrogens with one attached hydrogen (secondary N) is 1. The predicted molar refractivity (Wildman–Crippen MR) is 115 cm³/mol. The molecule has 0 atom stereocenters. The number of ether oxygens (including phenoxy) is 1. The Morgan fingerprint density at radius 3 is 2.58 bits per heavy atom. The molecule has 6 nitrogen and oxygen atoms in total. The molecule has 160 valence electrons. The second-order valence-electron chi connectivity index (χ2n) is 6.19. The van der Waals surface area contributed by atoms with Gasteiger partial charge in [-0.1, -0.05) is 29.8 Å². The monoisotopic (exact) mass is 447 g/mol. The molecule has 0 saturated carbocycles. The molecule has 1 aromatic heterocycles. The van der Waals surface area contributed by atoms with Crippen LogP contribution in [0.15, 0.2) is 77.0 Å². The van der Waals surface area contributed by atoms with E-state index in [9.17, 15) is 13.2 Å². The quantitative estimate of drug-likeness (QED) is 0.277. The second-order valence-corrected chi connectivity index (χ2v) is 6.60. The lowest BCUT2D eigenvalue weighted by molar-refractivity contribution is -0.141. The topological polar surface area (TPSA) is 84.9 Å². The first-order valence-electron chi connectivity index (χ1n) is 8.95. The van der Waals surface area contributed by atoms with Gasteiger partial charge in [0.05, 0.1) is 29.2 Å². The number of halogens is 4. The van der Waals surface area contributed by atoms with Crippen LogP contribution in [0, 0.1) is 0 Å². The second kappa shape index (κ2) is 9.94. The zero-order valence-corrected chi connectivity index (χ0v) is 16.7. The first-order valence-corrected chi connectivity index (χ1v) is 9.33. The van der Waals surface area contributed by atoms with Gasteiger partial charge in [-0.15, -0.1) is 0 Å². The first-order chi connectivity index (χ1) is 14.8. The number of rotatable bonds is 7. The maximum Gasteiger partial charge on any atom is 0.433 e. The highest BCUT2D eigenvalue weighted by atomic mass is 35.5. The number of hydrogen-bond donors (Lipinski definition) is 2. The van der Waals surface area contributed by atoms with Gasteiger partial charge >= 0.3 is 6.18 Å². The number of aromatic nitrogens is 1. The molecule has 0 aliphatic heterocycles. The normalized spacial score (nSPS) is 12.2. The largest absolute Gasteiger partial charge is 0.456 e. The molecule has 2 aromatic carbocycles. The minimum atomic E-state index is -4.53. The van der Waals surface area contributed by atoms with Gasteiger partial charge in [0.2, 0.25) is 0 Å². The maximum absolute atomic E-state index is 12.7. The molecule has 0 spiro atoms. The van der Waals surface area contributed by atoms with E-state index in [1.807, 2.05) is 18.2 Å². The summed E-state index contributed by atoms with van der Waals surface area (Å²) in [4.78, 5) is 7.55. The van der Waals surface area contributed by atoms with Crippen LogP contribution in [-0.4, -0.2) is 23.5 Å². The van der Waals surface area contributed by atoms with Crippen molar-refractivity contribution in [2.45, 2.75) is 6.18 Å². The van der Waals surface area contributed by atoms with Crippen molar-refractivity contribution in [1.82, 2.24) is 4.98 Å². The molecule has 10 heteroatoms. The van der Waals surface area contributed by atoms with Crippen LogP contribution in [0.4, 0.5) is 24.5 Å². The fourth-order valence-corrected chi connectivity index (χ4v) is 2.64. The Kier molecular flexibility index (Phi) is 7.09. The first kappa shape index (κ1) is 22.1. The Morgan fingerprint density at radius 2 is 1.90 bits per heavy atom. The summed E-state index contributed by atoms with van der Waals surface area (Å²) in [5, 5.41) is 6.76. The molecule has 0 radical (unpaired) electrons. The van der Waals surface area contributed by atoms with E-state index in [1.165, 1.54) is 12.3 Å². The van der Waals surface area contributed by atoms with E-state index in [2.05, 4.69) is 20.4 Å². The van der Waals surface area contributed by atoms with Gasteiger partial charge in [-0.25, -0.2) is 0 Å². The van der Waals surface area contributed by atoms with Crippen molar-refractivity contribution in [3.63, 3.8) is 0 Å². The van der Waals surface area contributed by atoms with Gasteiger partial charge in [0.1, 0.15) is 17.2 Å². The van der Waals surface area contributed by atoms with Crippen molar-refractivity contribution >= 4 is 34.9 Å². The third-order valence-corrected chi connectivity index (χ3v) is 4.23. The van der Waals surface area contributed by atoms with E-state index >= 15 is 0 Å². The van der Waals surface area contributed by atoms with Gasteiger partial charge in [-0.3, -0.25) is 9.98 Å². The van der Waals surface area contributed by atoms with Crippen LogP contribution in [0.2, 0.25) is 5.02 Å². The summed E-state index contributed by atoms with van der Waals surface area (Å²) in [5.74, 6) is 6.48. The molecule has 3 N–H and O–H groups in total. The summed E-state index contributed by atoms with van der Waals surface area (Å²) in [6, 6.07) is 16.5. The molecule has 0 aliphatic rings. The molecular weight excluding hydrogens is 431 g/mol. The van der Waals surface area contributed by atoms with Crippen LogP contribution < -0.4 is 15.9 Å². The maximum atomic E-state index is 12.7. The number of anilines is 1. The van der Waals surface area contributed by atoms with Crippen LogP contribution in [0.1, 0.15) is 5.69 Å². The van der Waals surface area contributed by atoms with Crippen LogP contribution >= 0.6 is 11.6 Å². The Balaban J connectivity index is 1.63. The summed E-state index contributed by atoms with van der Waals surface area (Å²) in [6.07, 6.45) is -2.07. The van der Waals surface area contributed by atoms with E-state index in [4.69, 9.17) is 22.2 Å². The van der Waals surface area contributed by atoms with Crippen LogP contribution in [-0.2, 0) is 6.18 Å². The third-order valence-electron chi connectivity index (χ3n) is 3.94. The predicted octanol–water partition coefficient (Wildman–Crippen LogP) is 5.68. The number of nitrogens with zero attached hydrogens (tertiary/aromatic N) is 3. The molecule has 1 heterocycles. The number of nitrogens with two attached hydrogens (primary N) is 1. The number of pyridine rings is 1. The van der Waals surface area contributed by atoms with Crippen molar-refractivity contribution in [2.75, 3.05) is 11.9 Å². The average Bonchev–Trinajstić information content (AvgIpc) is 2.76. The molecule has 0 bridgehead atoms. The zero-order chi connectivity index (χ0) is 22.3. The van der Waals surface area contributed by atoms with Crippen molar-refractivity contribution in [3.8, 4) is 11.5 Å². The average molecular weight is 448 g/mol. The highest BCUT2D eigenvalue weighted by Crippen LogP contribution is 2.32. The molecule has 0 amide bonds. The number of para-hydroxylation sites is 1. The molecule has 0 unspecified atom stereocenters. The Morgan fingerprint density at radius 1 is 1.13 bits per heavy atom. The van der Waals surface area contributed by atoms with Crippen LogP contribution in [0.25, 0.3) is 0 Å². The molecule has 3 rings (SSSR count). The lowest BCUT2D eigenvalue weighted by Gasteiger charge is -2.09. The van der Waals surface area contributed by atoms with E-state index in [0.717, 1.165) is 12.3 Å². The Bertz CT molecular complexity index is 1090. The summed E-state index contributed by atoms with van der Waals surface area (Å²) < 4.78 is 44.0. The lowest BCUT2D eigenvalue weighted by atomic mass is 10.3. The Hall–Kier alpha value is -3.59. The van der Waals surface area contributed by atoms with Crippen LogP contribution in [0.3, 0.4) is 0 Å². The summed E-state index contributed by atoms with van der Waals surface area (Å²) in [5.41, 5.74) is 0.0631. The van der Waals surface area contributed by atoms with Crippen molar-refractivity contribution in [1.29, 1.82) is 0 Å². The van der Waals surface area contributed by atoms with Gasteiger partial charge in [0.15, 0.2) is 0 Å². The number of hydrazone groups is 1. The molecule has 3 aromatic rings. The van der Waals surface area contributed by atoms with Crippen molar-refractivity contribution < 1.29 is 17.9 Å². The van der Waals surface area contributed by atoms with E-state index in [-0.39, 0.29) is 12.2 Å². The highest BCUT2D eigenvalue weighted by molar-refractivity contribution is 6.33. The van der Waals surface area contributed by atoms with Gasteiger partial charge in [0.25, 0.3) is 0 Å². The number of hydrogen-bond acceptors (Lipinski definition) is 6. The summed E-state index contributed by atoms with van der Waals surface area (Å²) in [7, 11) is 0. The standard InChI is InChI=1S/C21H17ClF3N5O/c22-18-10-14(6-7-19(18)31-17-4-2-1-3-5-17)28-12-16(30-26)13-29-15-8-9-27-20(11-15)21(23,24)25/h1-12H,13,26H2,(H,27,29). The van der Waals surface area contributed by atoms with Crippen molar-refractivity contribution in [3.05, 3.63) is 77.6 Å². The molecule has 31 heavy (non-hydrogen) atoms. The number of benzene rings is 2. The summed E-state index contributed by atoms with van der Waals surface area (Å²) in [6.45, 7) is 0.0598. The third kappa shape index (κ3) is 6.45. The van der Waals surface area contributed by atoms with Gasteiger partial charge in [-0.2, -0.15) is 18.3 Å². The highest BCUT2D eigenvalue weighted by Gasteiger charge is 2.32.